The van der Waals surface area contributed by atoms with E-state index in [1.54, 1.807) is 18.2 Å². The molecule has 3 aromatic rings. The molecular weight excluding hydrogens is 354 g/mol. The lowest BCUT2D eigenvalue weighted by Crippen LogP contribution is -2.41. The van der Waals surface area contributed by atoms with Crippen LogP contribution in [0.25, 0.3) is 10.8 Å². The van der Waals surface area contributed by atoms with Gasteiger partial charge in [-0.3, -0.25) is 19.3 Å². The highest BCUT2D eigenvalue weighted by Gasteiger charge is 2.32. The lowest BCUT2D eigenvalue weighted by atomic mass is 9.94. The zero-order valence-corrected chi connectivity index (χ0v) is 15.4. The molecule has 0 atom stereocenters. The van der Waals surface area contributed by atoms with Crippen LogP contribution in [-0.4, -0.2) is 34.2 Å². The summed E-state index contributed by atoms with van der Waals surface area (Å²) in [6.45, 7) is 2.04. The molecule has 0 saturated carbocycles. The minimum atomic E-state index is -0.310. The van der Waals surface area contributed by atoms with Crippen LogP contribution in [0.15, 0.2) is 54.6 Å². The summed E-state index contributed by atoms with van der Waals surface area (Å²) in [4.78, 5) is 43.2. The maximum atomic E-state index is 12.8. The van der Waals surface area contributed by atoms with Crippen LogP contribution < -0.4 is 5.32 Å². The molecule has 0 bridgehead atoms. The summed E-state index contributed by atoms with van der Waals surface area (Å²) in [6, 6.07) is 16.3. The summed E-state index contributed by atoms with van der Waals surface area (Å²) in [5, 5.41) is 4.32. The summed E-state index contributed by atoms with van der Waals surface area (Å²) in [5.41, 5.74) is 1.87. The molecule has 2 aromatic carbocycles. The van der Waals surface area contributed by atoms with Crippen LogP contribution in [0.1, 0.15) is 39.3 Å². The smallest absolute Gasteiger partial charge is 0.261 e. The normalized spacial score (nSPS) is 13.1. The third-order valence-electron chi connectivity index (χ3n) is 4.80. The molecule has 0 unspecified atom stereocenters. The Morgan fingerprint density at radius 2 is 1.61 bits per heavy atom. The maximum absolute atomic E-state index is 12.8. The van der Waals surface area contributed by atoms with E-state index in [4.69, 9.17) is 0 Å². The molecular formula is C22H19N3O3. The fourth-order valence-electron chi connectivity index (χ4n) is 3.50. The summed E-state index contributed by atoms with van der Waals surface area (Å²) in [7, 11) is 0. The van der Waals surface area contributed by atoms with E-state index >= 15 is 0 Å². The highest BCUT2D eigenvalue weighted by molar-refractivity contribution is 6.25. The second kappa shape index (κ2) is 7.23. The summed E-state index contributed by atoms with van der Waals surface area (Å²) in [6.07, 6.45) is 0.575. The molecule has 6 nitrogen and oxygen atoms in total. The number of carbonyl (C=O) groups excluding carboxylic acids is 3. The lowest BCUT2D eigenvalue weighted by Gasteiger charge is -2.27. The van der Waals surface area contributed by atoms with Crippen LogP contribution in [-0.2, 0) is 4.79 Å². The SMILES string of the molecule is Cc1cccc(NC(=O)CCCN2C(=O)c3cccc4cccc(c34)C2=O)n1. The van der Waals surface area contributed by atoms with Crippen molar-refractivity contribution in [2.45, 2.75) is 19.8 Å². The van der Waals surface area contributed by atoms with Crippen molar-refractivity contribution in [3.8, 4) is 0 Å². The van der Waals surface area contributed by atoms with Crippen molar-refractivity contribution < 1.29 is 14.4 Å². The average molecular weight is 373 g/mol. The van der Waals surface area contributed by atoms with Gasteiger partial charge in [-0.15, -0.1) is 0 Å². The number of amides is 3. The number of nitrogens with zero attached hydrogens (tertiary/aromatic N) is 2. The maximum Gasteiger partial charge on any atom is 0.261 e. The van der Waals surface area contributed by atoms with Crippen molar-refractivity contribution in [1.29, 1.82) is 0 Å². The third kappa shape index (κ3) is 3.24. The van der Waals surface area contributed by atoms with Crippen molar-refractivity contribution in [2.75, 3.05) is 11.9 Å². The second-order valence-electron chi connectivity index (χ2n) is 6.79. The van der Waals surface area contributed by atoms with Gasteiger partial charge in [-0.1, -0.05) is 30.3 Å². The van der Waals surface area contributed by atoms with Gasteiger partial charge in [0.1, 0.15) is 5.82 Å². The van der Waals surface area contributed by atoms with Crippen molar-refractivity contribution >= 4 is 34.3 Å². The molecule has 2 heterocycles. The molecule has 6 heteroatoms. The summed E-state index contributed by atoms with van der Waals surface area (Å²) in [5.74, 6) is -0.321. The Morgan fingerprint density at radius 3 is 2.25 bits per heavy atom. The predicted octanol–water partition coefficient (Wildman–Crippen LogP) is 3.56. The van der Waals surface area contributed by atoms with E-state index in [1.807, 2.05) is 43.3 Å². The number of hydrogen-bond acceptors (Lipinski definition) is 4. The van der Waals surface area contributed by atoms with E-state index in [9.17, 15) is 14.4 Å². The van der Waals surface area contributed by atoms with Gasteiger partial charge in [-0.2, -0.15) is 0 Å². The first-order chi connectivity index (χ1) is 13.5. The van der Waals surface area contributed by atoms with Gasteiger partial charge in [0.05, 0.1) is 0 Å². The van der Waals surface area contributed by atoms with Gasteiger partial charge in [0.2, 0.25) is 5.91 Å². The fraction of sp³-hybridized carbons (Fsp3) is 0.182. The van der Waals surface area contributed by atoms with Gasteiger partial charge < -0.3 is 5.32 Å². The topological polar surface area (TPSA) is 79.4 Å². The summed E-state index contributed by atoms with van der Waals surface area (Å²) >= 11 is 0. The molecule has 0 saturated heterocycles. The number of carbonyl (C=O) groups is 3. The van der Waals surface area contributed by atoms with Crippen molar-refractivity contribution in [3.05, 3.63) is 71.4 Å². The van der Waals surface area contributed by atoms with Crippen LogP contribution in [0.2, 0.25) is 0 Å². The van der Waals surface area contributed by atoms with E-state index in [-0.39, 0.29) is 30.7 Å². The van der Waals surface area contributed by atoms with E-state index in [0.717, 1.165) is 11.1 Å². The lowest BCUT2D eigenvalue weighted by molar-refractivity contribution is -0.116. The van der Waals surface area contributed by atoms with Crippen LogP contribution in [0.5, 0.6) is 0 Å². The van der Waals surface area contributed by atoms with Gasteiger partial charge in [0.25, 0.3) is 11.8 Å². The zero-order valence-electron chi connectivity index (χ0n) is 15.4. The standard InChI is InChI=1S/C22H19N3O3/c1-14-6-2-11-18(23-14)24-19(26)12-5-13-25-21(27)16-9-3-7-15-8-4-10-17(20(15)16)22(25)28/h2-4,6-11H,5,12-13H2,1H3,(H,23,24,26). The number of benzene rings is 2. The van der Waals surface area contributed by atoms with E-state index < -0.39 is 0 Å². The number of imide groups is 1. The van der Waals surface area contributed by atoms with E-state index in [1.165, 1.54) is 4.90 Å². The van der Waals surface area contributed by atoms with Crippen molar-refractivity contribution in [2.24, 2.45) is 0 Å². The first-order valence-electron chi connectivity index (χ1n) is 9.16. The average Bonchev–Trinajstić information content (AvgIpc) is 2.68. The van der Waals surface area contributed by atoms with E-state index in [0.29, 0.717) is 28.8 Å². The minimum Gasteiger partial charge on any atom is -0.311 e. The Labute approximate surface area is 162 Å². The molecule has 0 radical (unpaired) electrons. The zero-order chi connectivity index (χ0) is 19.7. The highest BCUT2D eigenvalue weighted by atomic mass is 16.2. The molecule has 140 valence electrons. The molecule has 0 spiro atoms. The van der Waals surface area contributed by atoms with Crippen molar-refractivity contribution in [1.82, 2.24) is 9.88 Å². The highest BCUT2D eigenvalue weighted by Crippen LogP contribution is 2.30. The van der Waals surface area contributed by atoms with Gasteiger partial charge in [-0.25, -0.2) is 4.98 Å². The molecule has 0 aliphatic carbocycles. The summed E-state index contributed by atoms with van der Waals surface area (Å²) < 4.78 is 0. The Hall–Kier alpha value is -3.54. The first-order valence-corrected chi connectivity index (χ1v) is 9.16. The van der Waals surface area contributed by atoms with Crippen LogP contribution in [0.3, 0.4) is 0 Å². The number of pyridine rings is 1. The Balaban J connectivity index is 1.44. The number of anilines is 1. The number of rotatable bonds is 5. The Bertz CT molecular complexity index is 1060. The number of nitrogens with one attached hydrogen (secondary N) is 1. The van der Waals surface area contributed by atoms with Crippen LogP contribution in [0, 0.1) is 6.92 Å². The molecule has 3 amide bonds. The van der Waals surface area contributed by atoms with Crippen LogP contribution >= 0.6 is 0 Å². The number of aromatic nitrogens is 1. The molecule has 1 aliphatic heterocycles. The quantitative estimate of drug-likeness (QED) is 0.694. The molecule has 1 aromatic heterocycles. The fourth-order valence-corrected chi connectivity index (χ4v) is 3.50. The molecule has 1 aliphatic rings. The molecule has 4 rings (SSSR count). The van der Waals surface area contributed by atoms with Gasteiger partial charge in [-0.05, 0) is 43.0 Å². The third-order valence-corrected chi connectivity index (χ3v) is 4.80. The molecule has 1 N–H and O–H groups in total. The van der Waals surface area contributed by atoms with Crippen molar-refractivity contribution in [3.63, 3.8) is 0 Å². The monoisotopic (exact) mass is 373 g/mol. The predicted molar refractivity (Wildman–Crippen MR) is 106 cm³/mol. The van der Waals surface area contributed by atoms with E-state index in [2.05, 4.69) is 10.3 Å². The van der Waals surface area contributed by atoms with Gasteiger partial charge in [0, 0.05) is 35.2 Å². The first kappa shape index (κ1) is 17.9. The molecule has 0 fully saturated rings. The minimum absolute atomic E-state index is 0.192. The van der Waals surface area contributed by atoms with Gasteiger partial charge >= 0.3 is 0 Å². The number of aryl methyl sites for hydroxylation is 1. The number of hydrogen-bond donors (Lipinski definition) is 1. The Morgan fingerprint density at radius 1 is 0.964 bits per heavy atom. The second-order valence-corrected chi connectivity index (χ2v) is 6.79. The molecule has 28 heavy (non-hydrogen) atoms. The van der Waals surface area contributed by atoms with Crippen LogP contribution in [0.4, 0.5) is 5.82 Å². The Kier molecular flexibility index (Phi) is 4.61. The van der Waals surface area contributed by atoms with Gasteiger partial charge in [0.15, 0.2) is 0 Å². The largest absolute Gasteiger partial charge is 0.311 e.